The normalized spacial score (nSPS) is 18.6. The molecular formula is C16H27NO5. The zero-order valence-electron chi connectivity index (χ0n) is 13.5. The first-order chi connectivity index (χ1) is 10.5. The Bertz CT molecular complexity index is 413. The minimum Gasteiger partial charge on any atom is -0.478 e. The van der Waals surface area contributed by atoms with Crippen molar-refractivity contribution in [2.45, 2.75) is 39.5 Å². The molecule has 1 rings (SSSR count). The molecule has 0 aromatic carbocycles. The van der Waals surface area contributed by atoms with Crippen molar-refractivity contribution in [2.24, 2.45) is 5.92 Å². The first-order valence-corrected chi connectivity index (χ1v) is 7.94. The van der Waals surface area contributed by atoms with E-state index >= 15 is 0 Å². The van der Waals surface area contributed by atoms with E-state index in [0.29, 0.717) is 38.5 Å². The minimum absolute atomic E-state index is 0.0438. The summed E-state index contributed by atoms with van der Waals surface area (Å²) in [6.45, 7) is 7.48. The molecule has 0 radical (unpaired) electrons. The monoisotopic (exact) mass is 313 g/mol. The SMILES string of the molecule is CCC(C)CC/C(C(=O)O)=C(/CCN1CCOCC1)C(=O)O. The second-order valence-corrected chi connectivity index (χ2v) is 5.82. The van der Waals surface area contributed by atoms with Crippen molar-refractivity contribution in [3.8, 4) is 0 Å². The molecule has 1 aliphatic heterocycles. The second kappa shape index (κ2) is 9.58. The molecule has 0 saturated carbocycles. The lowest BCUT2D eigenvalue weighted by Crippen LogP contribution is -2.37. The van der Waals surface area contributed by atoms with Crippen molar-refractivity contribution in [2.75, 3.05) is 32.8 Å². The van der Waals surface area contributed by atoms with Crippen LogP contribution in [0, 0.1) is 5.92 Å². The third-order valence-corrected chi connectivity index (χ3v) is 4.25. The van der Waals surface area contributed by atoms with Crippen LogP contribution in [0.15, 0.2) is 11.1 Å². The molecule has 0 aromatic rings. The molecule has 0 aliphatic carbocycles. The Morgan fingerprint density at radius 3 is 2.14 bits per heavy atom. The predicted molar refractivity (Wildman–Crippen MR) is 82.9 cm³/mol. The Balaban J connectivity index is 2.75. The van der Waals surface area contributed by atoms with Crippen molar-refractivity contribution < 1.29 is 24.5 Å². The van der Waals surface area contributed by atoms with Gasteiger partial charge in [-0.15, -0.1) is 0 Å². The number of carboxylic acids is 2. The number of carboxylic acid groups (broad SMARTS) is 2. The quantitative estimate of drug-likeness (QED) is 0.633. The minimum atomic E-state index is -1.12. The molecule has 0 spiro atoms. The molecule has 1 fully saturated rings. The van der Waals surface area contributed by atoms with Crippen molar-refractivity contribution >= 4 is 11.9 Å². The topological polar surface area (TPSA) is 87.1 Å². The molecule has 0 bridgehead atoms. The van der Waals surface area contributed by atoms with Crippen LogP contribution < -0.4 is 0 Å². The van der Waals surface area contributed by atoms with Crippen LogP contribution in [0.1, 0.15) is 39.5 Å². The van der Waals surface area contributed by atoms with Crippen LogP contribution in [0.2, 0.25) is 0 Å². The van der Waals surface area contributed by atoms with Crippen LogP contribution in [-0.2, 0) is 14.3 Å². The van der Waals surface area contributed by atoms with Crippen LogP contribution in [0.25, 0.3) is 0 Å². The van der Waals surface area contributed by atoms with E-state index in [2.05, 4.69) is 4.90 Å². The molecule has 2 N–H and O–H groups in total. The van der Waals surface area contributed by atoms with Crippen molar-refractivity contribution in [3.63, 3.8) is 0 Å². The van der Waals surface area contributed by atoms with Gasteiger partial charge in [-0.3, -0.25) is 4.90 Å². The average Bonchev–Trinajstić information content (AvgIpc) is 2.50. The molecule has 0 amide bonds. The van der Waals surface area contributed by atoms with E-state index in [4.69, 9.17) is 4.74 Å². The van der Waals surface area contributed by atoms with Gasteiger partial charge in [0.05, 0.1) is 13.2 Å². The summed E-state index contributed by atoms with van der Waals surface area (Å²) < 4.78 is 5.25. The van der Waals surface area contributed by atoms with Gasteiger partial charge in [0.15, 0.2) is 0 Å². The number of rotatable bonds is 9. The number of aliphatic carboxylic acids is 2. The fraction of sp³-hybridized carbons (Fsp3) is 0.750. The summed E-state index contributed by atoms with van der Waals surface area (Å²) in [7, 11) is 0. The van der Waals surface area contributed by atoms with Gasteiger partial charge in [-0.25, -0.2) is 9.59 Å². The zero-order chi connectivity index (χ0) is 16.5. The van der Waals surface area contributed by atoms with Gasteiger partial charge in [-0.1, -0.05) is 20.3 Å². The third kappa shape index (κ3) is 6.15. The smallest absolute Gasteiger partial charge is 0.332 e. The van der Waals surface area contributed by atoms with Crippen LogP contribution in [0.3, 0.4) is 0 Å². The van der Waals surface area contributed by atoms with Gasteiger partial charge in [0.25, 0.3) is 0 Å². The maximum Gasteiger partial charge on any atom is 0.332 e. The van der Waals surface area contributed by atoms with E-state index in [1.54, 1.807) is 0 Å². The molecule has 1 aliphatic rings. The van der Waals surface area contributed by atoms with Gasteiger partial charge in [0.1, 0.15) is 0 Å². The van der Waals surface area contributed by atoms with E-state index in [1.165, 1.54) is 0 Å². The van der Waals surface area contributed by atoms with Crippen LogP contribution in [-0.4, -0.2) is 59.9 Å². The molecule has 0 aromatic heterocycles. The Labute approximate surface area is 131 Å². The third-order valence-electron chi connectivity index (χ3n) is 4.25. The van der Waals surface area contributed by atoms with E-state index < -0.39 is 11.9 Å². The van der Waals surface area contributed by atoms with Gasteiger partial charge < -0.3 is 14.9 Å². The summed E-state index contributed by atoms with van der Waals surface area (Å²) in [6, 6.07) is 0. The summed E-state index contributed by atoms with van der Waals surface area (Å²) in [5.74, 6) is -1.83. The highest BCUT2D eigenvalue weighted by molar-refractivity contribution is 5.98. The molecular weight excluding hydrogens is 286 g/mol. The summed E-state index contributed by atoms with van der Waals surface area (Å²) >= 11 is 0. The number of hydrogen-bond acceptors (Lipinski definition) is 4. The number of nitrogens with zero attached hydrogens (tertiary/aromatic N) is 1. The van der Waals surface area contributed by atoms with Gasteiger partial charge >= 0.3 is 11.9 Å². The molecule has 1 unspecified atom stereocenters. The van der Waals surface area contributed by atoms with Crippen LogP contribution in [0.4, 0.5) is 0 Å². The Hall–Kier alpha value is -1.40. The van der Waals surface area contributed by atoms with Crippen LogP contribution >= 0.6 is 0 Å². The summed E-state index contributed by atoms with van der Waals surface area (Å²) in [6.07, 6.45) is 2.24. The average molecular weight is 313 g/mol. The molecule has 6 nitrogen and oxygen atoms in total. The molecule has 1 saturated heterocycles. The summed E-state index contributed by atoms with van der Waals surface area (Å²) in [4.78, 5) is 25.0. The first kappa shape index (κ1) is 18.6. The van der Waals surface area contributed by atoms with E-state index in [-0.39, 0.29) is 17.6 Å². The maximum atomic E-state index is 11.5. The Morgan fingerprint density at radius 2 is 1.64 bits per heavy atom. The van der Waals surface area contributed by atoms with Crippen LogP contribution in [0.5, 0.6) is 0 Å². The highest BCUT2D eigenvalue weighted by Gasteiger charge is 2.21. The Morgan fingerprint density at radius 1 is 1.09 bits per heavy atom. The van der Waals surface area contributed by atoms with E-state index in [0.717, 1.165) is 19.5 Å². The molecule has 6 heteroatoms. The number of morpholine rings is 1. The lowest BCUT2D eigenvalue weighted by Gasteiger charge is -2.26. The van der Waals surface area contributed by atoms with Gasteiger partial charge in [0, 0.05) is 30.8 Å². The summed E-state index contributed by atoms with van der Waals surface area (Å²) in [5, 5.41) is 18.7. The second-order valence-electron chi connectivity index (χ2n) is 5.82. The number of ether oxygens (including phenoxy) is 1. The molecule has 126 valence electrons. The fourth-order valence-corrected chi connectivity index (χ4v) is 2.46. The molecule has 1 atom stereocenters. The lowest BCUT2D eigenvalue weighted by atomic mass is 9.95. The largest absolute Gasteiger partial charge is 0.478 e. The van der Waals surface area contributed by atoms with Crippen molar-refractivity contribution in [1.29, 1.82) is 0 Å². The highest BCUT2D eigenvalue weighted by Crippen LogP contribution is 2.20. The van der Waals surface area contributed by atoms with Crippen molar-refractivity contribution in [3.05, 3.63) is 11.1 Å². The van der Waals surface area contributed by atoms with E-state index in [9.17, 15) is 19.8 Å². The summed E-state index contributed by atoms with van der Waals surface area (Å²) in [5.41, 5.74) is 0.100. The van der Waals surface area contributed by atoms with E-state index in [1.807, 2.05) is 13.8 Å². The number of hydrogen-bond donors (Lipinski definition) is 2. The maximum absolute atomic E-state index is 11.5. The molecule has 22 heavy (non-hydrogen) atoms. The standard InChI is InChI=1S/C16H27NO5/c1-3-12(2)4-5-13(15(18)19)14(16(20)21)6-7-17-8-10-22-11-9-17/h12H,3-11H2,1-2H3,(H,18,19)(H,20,21)/b14-13+. The van der Waals surface area contributed by atoms with Gasteiger partial charge in [-0.05, 0) is 25.2 Å². The highest BCUT2D eigenvalue weighted by atomic mass is 16.5. The fourth-order valence-electron chi connectivity index (χ4n) is 2.46. The van der Waals surface area contributed by atoms with Gasteiger partial charge in [-0.2, -0.15) is 0 Å². The van der Waals surface area contributed by atoms with Gasteiger partial charge in [0.2, 0.25) is 0 Å². The van der Waals surface area contributed by atoms with Crippen molar-refractivity contribution in [1.82, 2.24) is 4.90 Å². The number of carbonyl (C=O) groups is 2. The zero-order valence-corrected chi connectivity index (χ0v) is 13.5. The molecule has 1 heterocycles. The Kier molecular flexibility index (Phi) is 8.12. The lowest BCUT2D eigenvalue weighted by molar-refractivity contribution is -0.136. The predicted octanol–water partition coefficient (Wildman–Crippen LogP) is 2.00. The first-order valence-electron chi connectivity index (χ1n) is 7.94.